The summed E-state index contributed by atoms with van der Waals surface area (Å²) < 4.78 is 5.65. The highest BCUT2D eigenvalue weighted by molar-refractivity contribution is 5.27. The smallest absolute Gasteiger partial charge is 0.225 e. The van der Waals surface area contributed by atoms with E-state index in [2.05, 4.69) is 36.1 Å². The molecule has 1 rings (SSSR count). The molecule has 1 unspecified atom stereocenters. The predicted molar refractivity (Wildman–Crippen MR) is 70.4 cm³/mol. The van der Waals surface area contributed by atoms with Crippen LogP contribution in [-0.4, -0.2) is 23.1 Å². The number of nitrogens with zero attached hydrogens (tertiary/aromatic N) is 2. The number of anilines is 1. The van der Waals surface area contributed by atoms with Crippen molar-refractivity contribution in [2.75, 3.05) is 18.5 Å². The van der Waals surface area contributed by atoms with Crippen LogP contribution >= 0.6 is 0 Å². The molecule has 4 nitrogen and oxygen atoms in total. The first kappa shape index (κ1) is 13.7. The Bertz CT molecular complexity index is 317. The first-order valence-corrected chi connectivity index (χ1v) is 6.46. The van der Waals surface area contributed by atoms with Crippen molar-refractivity contribution in [1.82, 2.24) is 9.97 Å². The van der Waals surface area contributed by atoms with E-state index in [0.717, 1.165) is 19.6 Å². The number of hydrogen-bond acceptors (Lipinski definition) is 4. The second kappa shape index (κ2) is 7.87. The monoisotopic (exact) mass is 237 g/mol. The van der Waals surface area contributed by atoms with Crippen LogP contribution in [0.2, 0.25) is 0 Å². The van der Waals surface area contributed by atoms with Crippen molar-refractivity contribution in [2.45, 2.75) is 40.0 Å². The highest BCUT2D eigenvalue weighted by Gasteiger charge is 2.04. The topological polar surface area (TPSA) is 47.0 Å². The molecule has 0 bridgehead atoms. The third-order valence-electron chi connectivity index (χ3n) is 2.46. The molecule has 0 aliphatic heterocycles. The van der Waals surface area contributed by atoms with Crippen molar-refractivity contribution in [3.63, 3.8) is 0 Å². The molecule has 0 spiro atoms. The quantitative estimate of drug-likeness (QED) is 0.754. The second-order valence-corrected chi connectivity index (χ2v) is 4.35. The number of hydrogen-bond donors (Lipinski definition) is 1. The molecule has 1 heterocycles. The fourth-order valence-electron chi connectivity index (χ4n) is 1.55. The van der Waals surface area contributed by atoms with Crippen LogP contribution in [0.5, 0.6) is 5.88 Å². The summed E-state index contributed by atoms with van der Waals surface area (Å²) in [6.07, 6.45) is 5.16. The van der Waals surface area contributed by atoms with E-state index < -0.39 is 0 Å². The maximum Gasteiger partial charge on any atom is 0.225 e. The van der Waals surface area contributed by atoms with Gasteiger partial charge in [-0.15, -0.1) is 0 Å². The van der Waals surface area contributed by atoms with Crippen molar-refractivity contribution in [1.29, 1.82) is 0 Å². The molecule has 0 radical (unpaired) electrons. The molecule has 96 valence electrons. The van der Waals surface area contributed by atoms with E-state index in [9.17, 15) is 0 Å². The van der Waals surface area contributed by atoms with Crippen molar-refractivity contribution in [2.24, 2.45) is 5.92 Å². The van der Waals surface area contributed by atoms with Crippen molar-refractivity contribution in [3.05, 3.63) is 12.3 Å². The lowest BCUT2D eigenvalue weighted by molar-refractivity contribution is 0.243. The van der Waals surface area contributed by atoms with Gasteiger partial charge in [-0.2, -0.15) is 4.98 Å². The molecule has 0 saturated heterocycles. The van der Waals surface area contributed by atoms with Gasteiger partial charge in [0.1, 0.15) is 0 Å². The summed E-state index contributed by atoms with van der Waals surface area (Å²) in [5.41, 5.74) is 0. The van der Waals surface area contributed by atoms with Crippen LogP contribution in [-0.2, 0) is 0 Å². The Labute approximate surface area is 104 Å². The van der Waals surface area contributed by atoms with Gasteiger partial charge in [-0.1, -0.05) is 27.2 Å². The van der Waals surface area contributed by atoms with Crippen LogP contribution in [0.15, 0.2) is 12.3 Å². The second-order valence-electron chi connectivity index (χ2n) is 4.35. The van der Waals surface area contributed by atoms with E-state index in [1.165, 1.54) is 12.8 Å². The van der Waals surface area contributed by atoms with Gasteiger partial charge >= 0.3 is 0 Å². The largest absolute Gasteiger partial charge is 0.477 e. The molecule has 0 aliphatic rings. The maximum atomic E-state index is 5.65. The first-order chi connectivity index (χ1) is 8.26. The fraction of sp³-hybridized carbons (Fsp3) is 0.692. The lowest BCUT2D eigenvalue weighted by Crippen LogP contribution is -2.10. The molecule has 1 atom stereocenters. The predicted octanol–water partition coefficient (Wildman–Crippen LogP) is 3.11. The molecule has 0 saturated carbocycles. The minimum Gasteiger partial charge on any atom is -0.477 e. The Balaban J connectivity index is 2.42. The minimum absolute atomic E-state index is 0.571. The van der Waals surface area contributed by atoms with Crippen LogP contribution in [0.3, 0.4) is 0 Å². The van der Waals surface area contributed by atoms with Crippen molar-refractivity contribution < 1.29 is 4.74 Å². The summed E-state index contributed by atoms with van der Waals surface area (Å²) in [4.78, 5) is 8.44. The van der Waals surface area contributed by atoms with Crippen LogP contribution in [0, 0.1) is 5.92 Å². The molecule has 0 aromatic carbocycles. The van der Waals surface area contributed by atoms with E-state index in [0.29, 0.717) is 17.7 Å². The van der Waals surface area contributed by atoms with E-state index >= 15 is 0 Å². The molecule has 17 heavy (non-hydrogen) atoms. The zero-order chi connectivity index (χ0) is 12.5. The molecular formula is C13H23N3O. The number of ether oxygens (including phenoxy) is 1. The lowest BCUT2D eigenvalue weighted by Gasteiger charge is -2.11. The normalized spacial score (nSPS) is 12.2. The SMILES string of the molecule is CCCNc1nccc(OCC(C)CCC)n1. The third kappa shape index (κ3) is 5.52. The highest BCUT2D eigenvalue weighted by atomic mass is 16.5. The van der Waals surface area contributed by atoms with Gasteiger partial charge in [0, 0.05) is 18.8 Å². The Hall–Kier alpha value is -1.32. The standard InChI is InChI=1S/C13H23N3O/c1-4-6-11(3)10-17-12-7-9-15-13(16-12)14-8-5-2/h7,9,11H,4-6,8,10H2,1-3H3,(H,14,15,16). The summed E-state index contributed by atoms with van der Waals surface area (Å²) in [5, 5.41) is 3.15. The van der Waals surface area contributed by atoms with E-state index in [1.807, 2.05) is 0 Å². The lowest BCUT2D eigenvalue weighted by atomic mass is 10.1. The average molecular weight is 237 g/mol. The van der Waals surface area contributed by atoms with Gasteiger partial charge in [-0.05, 0) is 18.8 Å². The summed E-state index contributed by atoms with van der Waals surface area (Å²) in [6.45, 7) is 8.10. The molecule has 1 aromatic heterocycles. The first-order valence-electron chi connectivity index (χ1n) is 6.46. The minimum atomic E-state index is 0.571. The Morgan fingerprint density at radius 3 is 2.88 bits per heavy atom. The molecule has 0 fully saturated rings. The summed E-state index contributed by atoms with van der Waals surface area (Å²) in [5.74, 6) is 1.87. The average Bonchev–Trinajstić information content (AvgIpc) is 2.35. The Morgan fingerprint density at radius 1 is 1.35 bits per heavy atom. The van der Waals surface area contributed by atoms with Gasteiger partial charge in [0.25, 0.3) is 0 Å². The van der Waals surface area contributed by atoms with E-state index in [1.54, 1.807) is 12.3 Å². The zero-order valence-corrected chi connectivity index (χ0v) is 11.1. The number of aromatic nitrogens is 2. The Morgan fingerprint density at radius 2 is 2.18 bits per heavy atom. The number of rotatable bonds is 8. The summed E-state index contributed by atoms with van der Waals surface area (Å²) in [6, 6.07) is 1.80. The summed E-state index contributed by atoms with van der Waals surface area (Å²) in [7, 11) is 0. The van der Waals surface area contributed by atoms with Gasteiger partial charge in [-0.25, -0.2) is 4.98 Å². The van der Waals surface area contributed by atoms with Crippen molar-refractivity contribution in [3.8, 4) is 5.88 Å². The van der Waals surface area contributed by atoms with Gasteiger partial charge in [0.2, 0.25) is 11.8 Å². The van der Waals surface area contributed by atoms with Crippen LogP contribution < -0.4 is 10.1 Å². The molecule has 1 N–H and O–H groups in total. The highest BCUT2D eigenvalue weighted by Crippen LogP contribution is 2.11. The molecule has 0 amide bonds. The van der Waals surface area contributed by atoms with Crippen LogP contribution in [0.25, 0.3) is 0 Å². The van der Waals surface area contributed by atoms with Crippen molar-refractivity contribution >= 4 is 5.95 Å². The Kier molecular flexibility index (Phi) is 6.37. The van der Waals surface area contributed by atoms with E-state index in [-0.39, 0.29) is 0 Å². The summed E-state index contributed by atoms with van der Waals surface area (Å²) >= 11 is 0. The molecule has 4 heteroatoms. The molecule has 1 aromatic rings. The van der Waals surface area contributed by atoms with Gasteiger partial charge in [0.05, 0.1) is 6.61 Å². The number of nitrogens with one attached hydrogen (secondary N) is 1. The van der Waals surface area contributed by atoms with Gasteiger partial charge < -0.3 is 10.1 Å². The van der Waals surface area contributed by atoms with Gasteiger partial charge in [-0.3, -0.25) is 0 Å². The maximum absolute atomic E-state index is 5.65. The van der Waals surface area contributed by atoms with Crippen LogP contribution in [0.1, 0.15) is 40.0 Å². The van der Waals surface area contributed by atoms with Gasteiger partial charge in [0.15, 0.2) is 0 Å². The van der Waals surface area contributed by atoms with E-state index in [4.69, 9.17) is 4.74 Å². The molecule has 0 aliphatic carbocycles. The fourth-order valence-corrected chi connectivity index (χ4v) is 1.55. The third-order valence-corrected chi connectivity index (χ3v) is 2.46. The molecular weight excluding hydrogens is 214 g/mol. The zero-order valence-electron chi connectivity index (χ0n) is 11.1. The van der Waals surface area contributed by atoms with Crippen LogP contribution in [0.4, 0.5) is 5.95 Å².